The first-order valence-corrected chi connectivity index (χ1v) is 12.8. The average Bonchev–Trinajstić information content (AvgIpc) is 3.13. The second-order valence-corrected chi connectivity index (χ2v) is 12.4. The van der Waals surface area contributed by atoms with Gasteiger partial charge in [-0.3, -0.25) is 0 Å². The van der Waals surface area contributed by atoms with Crippen molar-refractivity contribution in [2.24, 2.45) is 0 Å². The molecular formula is C24H17ClSSi. The zero-order valence-corrected chi connectivity index (χ0v) is 17.2. The zero-order valence-electron chi connectivity index (χ0n) is 14.6. The van der Waals surface area contributed by atoms with Gasteiger partial charge < -0.3 is 0 Å². The van der Waals surface area contributed by atoms with E-state index in [0.717, 1.165) is 0 Å². The Morgan fingerprint density at radius 2 is 1.11 bits per heavy atom. The van der Waals surface area contributed by atoms with Gasteiger partial charge in [0.05, 0.1) is 0 Å². The minimum Gasteiger partial charge on any atom is -0.149 e. The van der Waals surface area contributed by atoms with E-state index in [1.54, 1.807) is 0 Å². The molecule has 4 aromatic carbocycles. The minimum absolute atomic E-state index is 1.22. The van der Waals surface area contributed by atoms with E-state index in [-0.39, 0.29) is 0 Å². The van der Waals surface area contributed by atoms with Crippen LogP contribution in [-0.2, 0) is 0 Å². The molecule has 5 aromatic rings. The summed E-state index contributed by atoms with van der Waals surface area (Å²) in [6, 6.07) is 36.4. The van der Waals surface area contributed by atoms with E-state index < -0.39 is 7.38 Å². The largest absolute Gasteiger partial charge is 0.249 e. The molecule has 1 aromatic heterocycles. The molecule has 0 N–H and O–H groups in total. The van der Waals surface area contributed by atoms with Crippen molar-refractivity contribution in [3.8, 4) is 0 Å². The maximum atomic E-state index is 7.67. The van der Waals surface area contributed by atoms with Crippen LogP contribution in [0.25, 0.3) is 20.2 Å². The lowest BCUT2D eigenvalue weighted by Crippen LogP contribution is -2.62. The highest BCUT2D eigenvalue weighted by Crippen LogP contribution is 2.34. The smallest absolute Gasteiger partial charge is 0.149 e. The van der Waals surface area contributed by atoms with E-state index >= 15 is 0 Å². The molecule has 0 saturated heterocycles. The summed E-state index contributed by atoms with van der Waals surface area (Å²) in [5.41, 5.74) is 0. The summed E-state index contributed by atoms with van der Waals surface area (Å²) < 4.78 is 2.63. The lowest BCUT2D eigenvalue weighted by atomic mass is 10.1. The fourth-order valence-corrected chi connectivity index (χ4v) is 9.99. The SMILES string of the molecule is Cl[Si](c1ccccc1)(c1ccccc1)c1cccc2c1sc1ccccc12. The van der Waals surface area contributed by atoms with Gasteiger partial charge in [0.2, 0.25) is 7.38 Å². The van der Waals surface area contributed by atoms with Crippen molar-refractivity contribution in [2.75, 3.05) is 0 Å². The van der Waals surface area contributed by atoms with Crippen LogP contribution in [0, 0.1) is 0 Å². The predicted molar refractivity (Wildman–Crippen MR) is 123 cm³/mol. The Labute approximate surface area is 168 Å². The van der Waals surface area contributed by atoms with Gasteiger partial charge in [-0.1, -0.05) is 97.1 Å². The van der Waals surface area contributed by atoms with Crippen molar-refractivity contribution >= 4 is 65.5 Å². The Bertz CT molecular complexity index is 1190. The summed E-state index contributed by atoms with van der Waals surface area (Å²) in [6.07, 6.45) is 0. The molecule has 0 aliphatic heterocycles. The summed E-state index contributed by atoms with van der Waals surface area (Å²) in [6.45, 7) is 0. The van der Waals surface area contributed by atoms with Crippen molar-refractivity contribution in [1.82, 2.24) is 0 Å². The molecule has 1 heterocycles. The van der Waals surface area contributed by atoms with Gasteiger partial charge >= 0.3 is 0 Å². The third kappa shape index (κ3) is 2.64. The fourth-order valence-electron chi connectivity index (χ4n) is 3.83. The third-order valence-electron chi connectivity index (χ3n) is 5.12. The van der Waals surface area contributed by atoms with Gasteiger partial charge in [0.15, 0.2) is 0 Å². The summed E-state index contributed by atoms with van der Waals surface area (Å²) >= 11 is 9.52. The molecule has 130 valence electrons. The number of hydrogen-bond donors (Lipinski definition) is 0. The molecule has 0 atom stereocenters. The molecule has 0 unspecified atom stereocenters. The number of rotatable bonds is 3. The molecule has 0 aliphatic carbocycles. The van der Waals surface area contributed by atoms with Crippen LogP contribution in [-0.4, -0.2) is 7.38 Å². The van der Waals surface area contributed by atoms with Gasteiger partial charge in [0.1, 0.15) is 0 Å². The lowest BCUT2D eigenvalue weighted by molar-refractivity contribution is 1.72. The van der Waals surface area contributed by atoms with Crippen LogP contribution in [0.15, 0.2) is 103 Å². The number of hydrogen-bond acceptors (Lipinski definition) is 1. The molecule has 5 rings (SSSR count). The van der Waals surface area contributed by atoms with E-state index in [4.69, 9.17) is 11.1 Å². The zero-order chi connectivity index (χ0) is 18.3. The van der Waals surface area contributed by atoms with Crippen LogP contribution in [0.5, 0.6) is 0 Å². The van der Waals surface area contributed by atoms with Gasteiger partial charge in [-0.25, -0.2) is 0 Å². The van der Waals surface area contributed by atoms with Crippen LogP contribution >= 0.6 is 22.4 Å². The van der Waals surface area contributed by atoms with Crippen LogP contribution in [0.1, 0.15) is 0 Å². The second kappa shape index (κ2) is 6.65. The van der Waals surface area contributed by atoms with E-state index in [1.165, 1.54) is 35.7 Å². The molecule has 0 radical (unpaired) electrons. The number of thiophene rings is 1. The lowest BCUT2D eigenvalue weighted by Gasteiger charge is -2.27. The molecule has 0 bridgehead atoms. The van der Waals surface area contributed by atoms with Crippen LogP contribution in [0.3, 0.4) is 0 Å². The first kappa shape index (κ1) is 16.8. The molecule has 3 heteroatoms. The van der Waals surface area contributed by atoms with Gasteiger partial charge in [-0.2, -0.15) is 0 Å². The minimum atomic E-state index is -2.62. The highest BCUT2D eigenvalue weighted by atomic mass is 35.6. The van der Waals surface area contributed by atoms with E-state index in [9.17, 15) is 0 Å². The first-order valence-electron chi connectivity index (χ1n) is 8.99. The molecule has 0 nitrogen and oxygen atoms in total. The van der Waals surface area contributed by atoms with Gasteiger partial charge in [-0.05, 0) is 21.6 Å². The number of benzene rings is 4. The van der Waals surface area contributed by atoms with Gasteiger partial charge in [-0.15, -0.1) is 22.4 Å². The normalized spacial score (nSPS) is 11.9. The Hall–Kier alpha value is -2.39. The molecule has 0 amide bonds. The maximum absolute atomic E-state index is 7.67. The van der Waals surface area contributed by atoms with Crippen molar-refractivity contribution in [1.29, 1.82) is 0 Å². The van der Waals surface area contributed by atoms with E-state index in [0.29, 0.717) is 0 Å². The van der Waals surface area contributed by atoms with Gasteiger partial charge in [0, 0.05) is 20.2 Å². The summed E-state index contributed by atoms with van der Waals surface area (Å²) in [5, 5.41) is 6.34. The Morgan fingerprint density at radius 1 is 0.556 bits per heavy atom. The van der Waals surface area contributed by atoms with E-state index in [1.807, 2.05) is 11.3 Å². The highest BCUT2D eigenvalue weighted by Gasteiger charge is 2.39. The average molecular weight is 401 g/mol. The quantitative estimate of drug-likeness (QED) is 0.220. The summed E-state index contributed by atoms with van der Waals surface area (Å²) in [7, 11) is -2.62. The van der Waals surface area contributed by atoms with Crippen LogP contribution in [0.2, 0.25) is 0 Å². The predicted octanol–water partition coefficient (Wildman–Crippen LogP) is 5.26. The topological polar surface area (TPSA) is 0 Å². The molecule has 0 spiro atoms. The Morgan fingerprint density at radius 3 is 1.78 bits per heavy atom. The summed E-state index contributed by atoms with van der Waals surface area (Å²) in [4.78, 5) is 0. The van der Waals surface area contributed by atoms with Crippen LogP contribution in [0.4, 0.5) is 0 Å². The van der Waals surface area contributed by atoms with E-state index in [2.05, 4.69) is 103 Å². The third-order valence-corrected chi connectivity index (χ3v) is 11.9. The molecular weight excluding hydrogens is 384 g/mol. The standard InChI is InChI=1S/C24H17ClSSi/c25-27(18-10-3-1-4-11-18,19-12-5-2-6-13-19)23-17-9-15-21-20-14-7-8-16-22(20)26-24(21)23/h1-17H. The molecule has 27 heavy (non-hydrogen) atoms. The first-order chi connectivity index (χ1) is 13.3. The van der Waals surface area contributed by atoms with Crippen molar-refractivity contribution < 1.29 is 0 Å². The fraction of sp³-hybridized carbons (Fsp3) is 0. The Balaban J connectivity index is 1.89. The molecule has 0 fully saturated rings. The molecule has 0 saturated carbocycles. The van der Waals surface area contributed by atoms with Gasteiger partial charge in [0.25, 0.3) is 0 Å². The number of halogens is 1. The summed E-state index contributed by atoms with van der Waals surface area (Å²) in [5.74, 6) is 0. The number of fused-ring (bicyclic) bond motifs is 3. The van der Waals surface area contributed by atoms with Crippen molar-refractivity contribution in [3.05, 3.63) is 103 Å². The highest BCUT2D eigenvalue weighted by molar-refractivity contribution is 7.43. The van der Waals surface area contributed by atoms with Crippen LogP contribution < -0.4 is 15.6 Å². The van der Waals surface area contributed by atoms with Crippen molar-refractivity contribution in [2.45, 2.75) is 0 Å². The second-order valence-electron chi connectivity index (χ2n) is 6.67. The van der Waals surface area contributed by atoms with Crippen molar-refractivity contribution in [3.63, 3.8) is 0 Å². The monoisotopic (exact) mass is 400 g/mol. The molecule has 0 aliphatic rings. The Kier molecular flexibility index (Phi) is 4.12. The maximum Gasteiger partial charge on any atom is 0.249 e.